The van der Waals surface area contributed by atoms with Crippen LogP contribution in [0.15, 0.2) is 53.5 Å². The van der Waals surface area contributed by atoms with Crippen LogP contribution >= 0.6 is 11.6 Å². The van der Waals surface area contributed by atoms with Crippen LogP contribution in [0.1, 0.15) is 24.2 Å². The number of aliphatic hydroxyl groups is 1. The van der Waals surface area contributed by atoms with Gasteiger partial charge in [-0.05, 0) is 55.3 Å². The van der Waals surface area contributed by atoms with Gasteiger partial charge in [0.15, 0.2) is 6.29 Å². The van der Waals surface area contributed by atoms with E-state index in [-0.39, 0.29) is 24.4 Å². The molecule has 2 aromatic heterocycles. The average Bonchev–Trinajstić information content (AvgIpc) is 3.31. The Morgan fingerprint density at radius 3 is 2.95 bits per heavy atom. The summed E-state index contributed by atoms with van der Waals surface area (Å²) in [6.07, 6.45) is 0.455. The number of benzene rings is 2. The lowest BCUT2D eigenvalue weighted by Gasteiger charge is -2.40. The van der Waals surface area contributed by atoms with Crippen LogP contribution < -0.4 is 15.8 Å². The van der Waals surface area contributed by atoms with E-state index in [1.807, 2.05) is 13.0 Å². The van der Waals surface area contributed by atoms with Crippen LogP contribution in [-0.4, -0.2) is 59.2 Å². The van der Waals surface area contributed by atoms with Crippen LogP contribution in [0.2, 0.25) is 5.02 Å². The molecule has 0 saturated carbocycles. The molecular weight excluding hydrogens is 494 g/mol. The highest BCUT2D eigenvalue weighted by Crippen LogP contribution is 2.31. The Morgan fingerprint density at radius 1 is 1.32 bits per heavy atom. The van der Waals surface area contributed by atoms with Gasteiger partial charge in [0.05, 0.1) is 35.5 Å². The van der Waals surface area contributed by atoms with Gasteiger partial charge in [-0.1, -0.05) is 23.7 Å². The molecule has 0 amide bonds. The molecule has 0 aliphatic carbocycles. The Kier molecular flexibility index (Phi) is 7.21. The van der Waals surface area contributed by atoms with Crippen LogP contribution in [0.3, 0.4) is 0 Å². The van der Waals surface area contributed by atoms with Gasteiger partial charge in [-0.2, -0.15) is 0 Å². The number of aryl methyl sites for hydroxylation is 1. The lowest BCUT2D eigenvalue weighted by atomic mass is 10.1. The summed E-state index contributed by atoms with van der Waals surface area (Å²) >= 11 is 6.06. The number of H-pyrrole nitrogens is 2. The van der Waals surface area contributed by atoms with Gasteiger partial charge in [0.25, 0.3) is 5.56 Å². The first-order valence-corrected chi connectivity index (χ1v) is 12.5. The number of aromatic nitrogens is 3. The summed E-state index contributed by atoms with van der Waals surface area (Å²) in [5.74, 6) is 0.446. The van der Waals surface area contributed by atoms with Crippen molar-refractivity contribution in [2.75, 3.05) is 37.0 Å². The minimum Gasteiger partial charge on any atom is -0.387 e. The number of methoxy groups -OCH3 is 1. The summed E-state index contributed by atoms with van der Waals surface area (Å²) in [5, 5.41) is 14.4. The minimum atomic E-state index is -0.808. The van der Waals surface area contributed by atoms with Crippen LogP contribution in [0.4, 0.5) is 11.4 Å². The van der Waals surface area contributed by atoms with E-state index in [4.69, 9.17) is 26.1 Å². The van der Waals surface area contributed by atoms with Crippen molar-refractivity contribution < 1.29 is 14.6 Å². The molecule has 5 rings (SSSR count). The fourth-order valence-electron chi connectivity index (χ4n) is 4.84. The van der Waals surface area contributed by atoms with Crippen molar-refractivity contribution in [2.24, 2.45) is 0 Å². The first-order chi connectivity index (χ1) is 17.9. The Hall–Kier alpha value is -3.37. The summed E-state index contributed by atoms with van der Waals surface area (Å²) in [5.41, 5.74) is 4.96. The number of nitrogens with one attached hydrogen (secondary N) is 3. The van der Waals surface area contributed by atoms with E-state index in [9.17, 15) is 9.90 Å². The molecular formula is C27H30ClN5O4. The third kappa shape index (κ3) is 5.08. The van der Waals surface area contributed by atoms with Crippen molar-refractivity contribution in [1.29, 1.82) is 0 Å². The fourth-order valence-corrected chi connectivity index (χ4v) is 5.04. The highest BCUT2D eigenvalue weighted by molar-refractivity contribution is 6.30. The van der Waals surface area contributed by atoms with Gasteiger partial charge in [-0.25, -0.2) is 4.98 Å². The first-order valence-electron chi connectivity index (χ1n) is 12.2. The molecule has 2 aromatic carbocycles. The lowest BCUT2D eigenvalue weighted by Crippen LogP contribution is -2.50. The van der Waals surface area contributed by atoms with E-state index in [0.29, 0.717) is 34.3 Å². The normalized spacial score (nSPS) is 18.8. The highest BCUT2D eigenvalue weighted by atomic mass is 35.5. The molecule has 1 saturated heterocycles. The smallest absolute Gasteiger partial charge is 0.261 e. The number of nitrogens with zero attached hydrogens (tertiary/aromatic N) is 2. The van der Waals surface area contributed by atoms with E-state index in [1.54, 1.807) is 43.6 Å². The molecule has 0 spiro atoms. The van der Waals surface area contributed by atoms with Crippen LogP contribution in [0, 0.1) is 6.92 Å². The Balaban J connectivity index is 1.46. The lowest BCUT2D eigenvalue weighted by molar-refractivity contribution is -0.147. The van der Waals surface area contributed by atoms with Crippen molar-refractivity contribution in [3.63, 3.8) is 0 Å². The molecule has 37 heavy (non-hydrogen) atoms. The van der Waals surface area contributed by atoms with E-state index < -0.39 is 6.10 Å². The zero-order valence-corrected chi connectivity index (χ0v) is 21.7. The van der Waals surface area contributed by atoms with Crippen molar-refractivity contribution in [3.05, 3.63) is 75.2 Å². The molecule has 3 heterocycles. The molecule has 1 aliphatic rings. The van der Waals surface area contributed by atoms with Crippen molar-refractivity contribution in [3.8, 4) is 11.4 Å². The quantitative estimate of drug-likeness (QED) is 0.286. The number of halogens is 1. The second kappa shape index (κ2) is 10.5. The largest absolute Gasteiger partial charge is 0.387 e. The number of hydrogen-bond acceptors (Lipinski definition) is 7. The van der Waals surface area contributed by atoms with Crippen molar-refractivity contribution in [2.45, 2.75) is 32.3 Å². The molecule has 10 heteroatoms. The number of imidazole rings is 1. The summed E-state index contributed by atoms with van der Waals surface area (Å²) in [6.45, 7) is 5.59. The SMILES string of the molecule is COC1OCCN(c2cc(C)c3nc(-c4c(NC[C@@H](O)c5cccc(Cl)c5)cc[nH]c4=O)[nH]c3c2)[C@H]1C. The van der Waals surface area contributed by atoms with Crippen LogP contribution in [0.5, 0.6) is 0 Å². The monoisotopic (exact) mass is 523 g/mol. The average molecular weight is 524 g/mol. The van der Waals surface area contributed by atoms with E-state index in [1.165, 1.54) is 0 Å². The second-order valence-corrected chi connectivity index (χ2v) is 9.64. The zero-order chi connectivity index (χ0) is 26.1. The standard InChI is InChI=1S/C27H30ClN5O4/c1-15-11-19(33-9-10-37-27(36-3)16(33)2)13-21-24(15)32-25(31-21)23-20(7-8-29-26(23)35)30-14-22(34)17-5-4-6-18(28)12-17/h4-8,11-13,16,22,27,34H,9-10,14H2,1-3H3,(H,31,32)(H2,29,30,35)/t16-,22+,27?/m0/s1. The molecule has 0 bridgehead atoms. The number of fused-ring (bicyclic) bond motifs is 1. The Labute approximate surface area is 219 Å². The van der Waals surface area contributed by atoms with Gasteiger partial charge in [0.2, 0.25) is 0 Å². The minimum absolute atomic E-state index is 0.0386. The van der Waals surface area contributed by atoms with Gasteiger partial charge < -0.3 is 34.8 Å². The maximum absolute atomic E-state index is 12.9. The van der Waals surface area contributed by atoms with Gasteiger partial charge in [-0.15, -0.1) is 0 Å². The molecule has 1 unspecified atom stereocenters. The topological polar surface area (TPSA) is 116 Å². The highest BCUT2D eigenvalue weighted by Gasteiger charge is 2.29. The number of pyridine rings is 1. The van der Waals surface area contributed by atoms with Crippen LogP contribution in [0.25, 0.3) is 22.4 Å². The summed E-state index contributed by atoms with van der Waals surface area (Å²) in [7, 11) is 1.65. The molecule has 3 atom stereocenters. The van der Waals surface area contributed by atoms with Gasteiger partial charge in [-0.3, -0.25) is 4.79 Å². The molecule has 1 fully saturated rings. The maximum Gasteiger partial charge on any atom is 0.261 e. The van der Waals surface area contributed by atoms with E-state index >= 15 is 0 Å². The number of aromatic amines is 2. The first kappa shape index (κ1) is 25.3. The molecule has 1 aliphatic heterocycles. The number of morpholine rings is 1. The number of ether oxygens (including phenoxy) is 2. The molecule has 9 nitrogen and oxygen atoms in total. The number of anilines is 2. The third-order valence-electron chi connectivity index (χ3n) is 6.74. The number of aliphatic hydroxyl groups excluding tert-OH is 1. The summed E-state index contributed by atoms with van der Waals surface area (Å²) < 4.78 is 11.2. The van der Waals surface area contributed by atoms with Crippen molar-refractivity contribution in [1.82, 2.24) is 15.0 Å². The molecule has 194 valence electrons. The second-order valence-electron chi connectivity index (χ2n) is 9.20. The zero-order valence-electron chi connectivity index (χ0n) is 20.9. The molecule has 4 N–H and O–H groups in total. The number of rotatable bonds is 7. The van der Waals surface area contributed by atoms with E-state index in [2.05, 4.69) is 33.2 Å². The van der Waals surface area contributed by atoms with Gasteiger partial charge in [0.1, 0.15) is 11.4 Å². The van der Waals surface area contributed by atoms with Gasteiger partial charge >= 0.3 is 0 Å². The predicted molar refractivity (Wildman–Crippen MR) is 145 cm³/mol. The fraction of sp³-hybridized carbons (Fsp3) is 0.333. The summed E-state index contributed by atoms with van der Waals surface area (Å²) in [4.78, 5) is 26.0. The third-order valence-corrected chi connectivity index (χ3v) is 6.98. The molecule has 0 radical (unpaired) electrons. The van der Waals surface area contributed by atoms with Gasteiger partial charge in [0, 0.05) is 37.1 Å². The van der Waals surface area contributed by atoms with E-state index in [0.717, 1.165) is 28.8 Å². The maximum atomic E-state index is 12.9. The summed E-state index contributed by atoms with van der Waals surface area (Å²) in [6, 6.07) is 13.0. The van der Waals surface area contributed by atoms with Crippen molar-refractivity contribution >= 4 is 34.0 Å². The molecule has 4 aromatic rings. The number of hydrogen-bond donors (Lipinski definition) is 4. The Bertz CT molecular complexity index is 1470. The van der Waals surface area contributed by atoms with Crippen LogP contribution in [-0.2, 0) is 9.47 Å². The Morgan fingerprint density at radius 2 is 2.16 bits per heavy atom. The predicted octanol–water partition coefficient (Wildman–Crippen LogP) is 4.22.